The van der Waals surface area contributed by atoms with Gasteiger partial charge in [-0.3, -0.25) is 14.4 Å². The SMILES string of the molecule is C=Cc1c2[n-]c(c1C)/C=C1\[N-]/C(=C3\c4[n-]c(c(C)c4C(=O)[C@@H]3C(=O)O)/C=c3\[n-]/c(c(C=O)c3C)=C\2)[C@@H](CC)[C@@H]1C.[Mg+2]. The van der Waals surface area contributed by atoms with Crippen LogP contribution in [0.2, 0.25) is 0 Å². The molecule has 8 nitrogen and oxygen atoms in total. The molecule has 6 rings (SSSR count). The molecule has 3 aromatic heterocycles. The molecular formula is C32H28MgN4O4-2. The molecular weight excluding hydrogens is 529 g/mol. The van der Waals surface area contributed by atoms with Crippen LogP contribution in [-0.4, -0.2) is 46.2 Å². The molecule has 0 spiro atoms. The predicted molar refractivity (Wildman–Crippen MR) is 158 cm³/mol. The Morgan fingerprint density at radius 2 is 1.66 bits per heavy atom. The normalized spacial score (nSPS) is 25.2. The summed E-state index contributed by atoms with van der Waals surface area (Å²) < 4.78 is 0. The molecule has 0 saturated carbocycles. The number of carbonyl (C=O) groups is 3. The molecule has 1 aliphatic carbocycles. The number of nitrogens with zero attached hydrogens (tertiary/aromatic N) is 4. The summed E-state index contributed by atoms with van der Waals surface area (Å²) in [6.45, 7) is 13.6. The van der Waals surface area contributed by atoms with Gasteiger partial charge in [0.25, 0.3) is 0 Å². The topological polar surface area (TPSA) is 128 Å². The second kappa shape index (κ2) is 10.2. The maximum atomic E-state index is 13.6. The number of carboxylic acid groups (broad SMARTS) is 1. The first-order valence-corrected chi connectivity index (χ1v) is 13.3. The van der Waals surface area contributed by atoms with E-state index in [1.54, 1.807) is 25.2 Å². The third-order valence-electron chi connectivity index (χ3n) is 8.68. The van der Waals surface area contributed by atoms with Gasteiger partial charge < -0.3 is 25.4 Å². The minimum atomic E-state index is -1.36. The Morgan fingerprint density at radius 3 is 2.29 bits per heavy atom. The average Bonchev–Trinajstić information content (AvgIpc) is 3.65. The molecule has 204 valence electrons. The van der Waals surface area contributed by atoms with Crippen LogP contribution in [-0.2, 0) is 4.79 Å². The van der Waals surface area contributed by atoms with Gasteiger partial charge in [-0.15, -0.1) is 33.5 Å². The van der Waals surface area contributed by atoms with Gasteiger partial charge in [0.05, 0.1) is 0 Å². The first-order chi connectivity index (χ1) is 19.1. The molecule has 1 saturated heterocycles. The zero-order valence-electron chi connectivity index (χ0n) is 23.7. The van der Waals surface area contributed by atoms with Crippen molar-refractivity contribution in [3.63, 3.8) is 0 Å². The average molecular weight is 557 g/mol. The van der Waals surface area contributed by atoms with E-state index >= 15 is 0 Å². The zero-order chi connectivity index (χ0) is 28.6. The minimum Gasteiger partial charge on any atom is -0.664 e. The molecule has 3 atom stereocenters. The van der Waals surface area contributed by atoms with Gasteiger partial charge in [-0.05, 0) is 38.2 Å². The van der Waals surface area contributed by atoms with Crippen molar-refractivity contribution in [2.24, 2.45) is 17.8 Å². The maximum Gasteiger partial charge on any atom is 2.00 e. The summed E-state index contributed by atoms with van der Waals surface area (Å²) in [5, 5.41) is 16.2. The number of carbonyl (C=O) groups excluding carboxylic acids is 2. The van der Waals surface area contributed by atoms with Crippen LogP contribution in [0.5, 0.6) is 0 Å². The van der Waals surface area contributed by atoms with Gasteiger partial charge in [0.1, 0.15) is 12.2 Å². The molecule has 0 aromatic carbocycles. The monoisotopic (exact) mass is 556 g/mol. The predicted octanol–water partition coefficient (Wildman–Crippen LogP) is 3.23. The van der Waals surface area contributed by atoms with E-state index in [-0.39, 0.29) is 34.9 Å². The third-order valence-corrected chi connectivity index (χ3v) is 8.68. The number of aromatic nitrogens is 3. The number of hydrogen-bond donors (Lipinski definition) is 1. The molecule has 1 fully saturated rings. The van der Waals surface area contributed by atoms with Gasteiger partial charge in [-0.25, -0.2) is 0 Å². The van der Waals surface area contributed by atoms with E-state index in [0.29, 0.717) is 73.4 Å². The smallest absolute Gasteiger partial charge is 0.664 e. The fraction of sp³-hybridized carbons (Fsp3) is 0.281. The molecule has 0 amide bonds. The van der Waals surface area contributed by atoms with Crippen LogP contribution < -0.4 is 25.7 Å². The summed E-state index contributed by atoms with van der Waals surface area (Å²) in [5.41, 5.74) is 7.79. The van der Waals surface area contributed by atoms with Crippen molar-refractivity contribution in [3.8, 4) is 0 Å². The number of carboxylic acids is 1. The van der Waals surface area contributed by atoms with Crippen LogP contribution in [0.4, 0.5) is 0 Å². The molecule has 1 N–H and O–H groups in total. The van der Waals surface area contributed by atoms with Crippen LogP contribution in [0, 0.1) is 38.5 Å². The molecule has 2 aliphatic heterocycles. The quantitative estimate of drug-likeness (QED) is 0.297. The van der Waals surface area contributed by atoms with Crippen molar-refractivity contribution in [1.29, 1.82) is 0 Å². The van der Waals surface area contributed by atoms with E-state index < -0.39 is 17.7 Å². The number of ketones is 1. The molecule has 0 unspecified atom stereocenters. The number of Topliss-reactive ketones (excluding diaryl/α,β-unsaturated/α-hetero) is 1. The van der Waals surface area contributed by atoms with E-state index in [1.807, 2.05) is 26.8 Å². The van der Waals surface area contributed by atoms with Crippen LogP contribution in [0.3, 0.4) is 0 Å². The van der Waals surface area contributed by atoms with E-state index in [9.17, 15) is 19.5 Å². The summed E-state index contributed by atoms with van der Waals surface area (Å²) in [5.74, 6) is -3.16. The summed E-state index contributed by atoms with van der Waals surface area (Å²) in [4.78, 5) is 52.6. The zero-order valence-corrected chi connectivity index (χ0v) is 25.1. The van der Waals surface area contributed by atoms with Gasteiger partial charge >= 0.3 is 29.0 Å². The van der Waals surface area contributed by atoms with Crippen LogP contribution >= 0.6 is 0 Å². The Kier molecular flexibility index (Phi) is 7.15. The fourth-order valence-electron chi connectivity index (χ4n) is 6.37. The third kappa shape index (κ3) is 4.05. The molecule has 3 aliphatic rings. The molecule has 41 heavy (non-hydrogen) atoms. The van der Waals surface area contributed by atoms with Crippen LogP contribution in [0.25, 0.3) is 35.2 Å². The largest absolute Gasteiger partial charge is 2.00 e. The minimum absolute atomic E-state index is 0. The first-order valence-electron chi connectivity index (χ1n) is 13.3. The molecule has 5 heterocycles. The molecule has 3 aromatic rings. The molecule has 0 radical (unpaired) electrons. The Balaban J connectivity index is 0.00000337. The summed E-state index contributed by atoms with van der Waals surface area (Å²) in [7, 11) is 0. The number of hydrogen-bond acceptors (Lipinski definition) is 3. The van der Waals surface area contributed by atoms with Crippen molar-refractivity contribution in [1.82, 2.24) is 15.0 Å². The van der Waals surface area contributed by atoms with Gasteiger partial charge in [-0.2, -0.15) is 11.4 Å². The van der Waals surface area contributed by atoms with E-state index in [2.05, 4.69) is 13.5 Å². The van der Waals surface area contributed by atoms with Crippen molar-refractivity contribution < 1.29 is 19.5 Å². The maximum absolute atomic E-state index is 13.6. The van der Waals surface area contributed by atoms with Crippen LogP contribution in [0.15, 0.2) is 18.0 Å². The van der Waals surface area contributed by atoms with Crippen LogP contribution in [0.1, 0.15) is 86.0 Å². The molecule has 9 heteroatoms. The Morgan fingerprint density at radius 1 is 0.976 bits per heavy atom. The summed E-state index contributed by atoms with van der Waals surface area (Å²) in [6, 6.07) is 0. The van der Waals surface area contributed by atoms with Crippen molar-refractivity contribution in [2.75, 3.05) is 0 Å². The van der Waals surface area contributed by atoms with E-state index in [4.69, 9.17) is 20.3 Å². The number of aldehydes is 1. The molecule has 8 bridgehead atoms. The number of allylic oxidation sites excluding steroid dienone is 2. The van der Waals surface area contributed by atoms with Crippen molar-refractivity contribution >= 4 is 71.0 Å². The number of aliphatic carboxylic acids is 1. The van der Waals surface area contributed by atoms with Crippen molar-refractivity contribution in [2.45, 2.75) is 41.0 Å². The van der Waals surface area contributed by atoms with Gasteiger partial charge in [0.2, 0.25) is 0 Å². The second-order valence-corrected chi connectivity index (χ2v) is 10.7. The van der Waals surface area contributed by atoms with E-state index in [0.717, 1.165) is 23.1 Å². The fourth-order valence-corrected chi connectivity index (χ4v) is 6.37. The van der Waals surface area contributed by atoms with Crippen molar-refractivity contribution in [3.05, 3.63) is 90.1 Å². The van der Waals surface area contributed by atoms with Gasteiger partial charge in [-0.1, -0.05) is 73.4 Å². The van der Waals surface area contributed by atoms with Gasteiger partial charge in [0.15, 0.2) is 5.78 Å². The Labute approximate surface area is 253 Å². The second-order valence-electron chi connectivity index (χ2n) is 10.7. The standard InChI is InChI=1S/C32H30N4O4.Mg/c1-7-17-13(3)20-9-22-14(4)18(8-2)29(35-22)27-28(32(39)40)31(38)26-16(6)23(36-30(26)27)10-21-15(5)19(12-37)25(34-21)11-24(17)33-20;/h7,9-12,14,18,28H,1,8H2,2-6H3,(H3,35,36,37,38,39,40);/q-2;+2/p-2/b22-9-,25-11-;/t14-,18-,28+;/m0./s1. The van der Waals surface area contributed by atoms with E-state index in [1.165, 1.54) is 0 Å². The summed E-state index contributed by atoms with van der Waals surface area (Å²) >= 11 is 0. The Hall–Kier alpha value is -3.82. The number of rotatable bonds is 4. The number of fused-ring (bicyclic) bond motifs is 7. The van der Waals surface area contributed by atoms with Gasteiger partial charge in [0, 0.05) is 11.1 Å². The first kappa shape index (κ1) is 28.7. The Bertz CT molecular complexity index is 1860. The summed E-state index contributed by atoms with van der Waals surface area (Å²) in [6.07, 6.45) is 8.72.